The number of carbonyl (C=O) groups excluding carboxylic acids is 1. The second-order valence-corrected chi connectivity index (χ2v) is 7.75. The zero-order valence-corrected chi connectivity index (χ0v) is 14.4. The van der Waals surface area contributed by atoms with Crippen molar-refractivity contribution in [3.8, 4) is 0 Å². The third-order valence-electron chi connectivity index (χ3n) is 3.81. The topological polar surface area (TPSA) is 72.3 Å². The number of carbonyl (C=O) groups is 1. The minimum absolute atomic E-state index is 0.149. The van der Waals surface area contributed by atoms with E-state index in [1.807, 2.05) is 24.3 Å². The van der Waals surface area contributed by atoms with Gasteiger partial charge in [-0.05, 0) is 43.3 Å². The molecule has 0 aliphatic heterocycles. The van der Waals surface area contributed by atoms with Gasteiger partial charge in [0, 0.05) is 19.7 Å². The standard InChI is InChI=1S/C17H17N3O3S/c1-12-18-15-6-4-5-7-16(15)20(12)17(21)13-8-10-14(11-9-13)24(22,23)19(2)3/h4-11H,1-3H3. The van der Waals surface area contributed by atoms with E-state index < -0.39 is 10.0 Å². The van der Waals surface area contributed by atoms with Crippen LogP contribution in [0.5, 0.6) is 0 Å². The van der Waals surface area contributed by atoms with Gasteiger partial charge in [-0.15, -0.1) is 0 Å². The summed E-state index contributed by atoms with van der Waals surface area (Å²) in [4.78, 5) is 17.3. The zero-order chi connectivity index (χ0) is 17.5. The Morgan fingerprint density at radius 1 is 1.04 bits per heavy atom. The van der Waals surface area contributed by atoms with Gasteiger partial charge in [-0.3, -0.25) is 9.36 Å². The lowest BCUT2D eigenvalue weighted by atomic mass is 10.2. The quantitative estimate of drug-likeness (QED) is 0.731. The Bertz CT molecular complexity index is 1020. The Balaban J connectivity index is 2.03. The summed E-state index contributed by atoms with van der Waals surface area (Å²) in [5, 5.41) is 0. The van der Waals surface area contributed by atoms with E-state index in [0.29, 0.717) is 11.4 Å². The van der Waals surface area contributed by atoms with E-state index in [9.17, 15) is 13.2 Å². The molecule has 124 valence electrons. The van der Waals surface area contributed by atoms with Crippen molar-refractivity contribution in [3.05, 3.63) is 59.9 Å². The normalized spacial score (nSPS) is 12.0. The van der Waals surface area contributed by atoms with Crippen LogP contribution in [0.2, 0.25) is 0 Å². The van der Waals surface area contributed by atoms with E-state index in [-0.39, 0.29) is 10.8 Å². The number of aromatic nitrogens is 2. The molecular weight excluding hydrogens is 326 g/mol. The molecule has 0 aliphatic carbocycles. The predicted octanol–water partition coefficient (Wildman–Crippen LogP) is 2.28. The maximum atomic E-state index is 12.8. The third kappa shape index (κ3) is 2.61. The number of nitrogens with zero attached hydrogens (tertiary/aromatic N) is 3. The molecule has 0 aliphatic rings. The van der Waals surface area contributed by atoms with E-state index in [4.69, 9.17) is 0 Å². The molecule has 0 bridgehead atoms. The second kappa shape index (κ2) is 5.85. The lowest BCUT2D eigenvalue weighted by Gasteiger charge is -2.12. The summed E-state index contributed by atoms with van der Waals surface area (Å²) in [6.45, 7) is 1.77. The number of benzene rings is 2. The van der Waals surface area contributed by atoms with Crippen LogP contribution in [-0.2, 0) is 10.0 Å². The summed E-state index contributed by atoms with van der Waals surface area (Å²) in [5.41, 5.74) is 1.87. The molecule has 0 saturated heterocycles. The van der Waals surface area contributed by atoms with Crippen LogP contribution in [0.15, 0.2) is 53.4 Å². The first kappa shape index (κ1) is 16.4. The highest BCUT2D eigenvalue weighted by Crippen LogP contribution is 2.19. The fraction of sp³-hybridized carbons (Fsp3) is 0.176. The molecule has 0 amide bonds. The van der Waals surface area contributed by atoms with E-state index >= 15 is 0 Å². The smallest absolute Gasteiger partial charge is 0.263 e. The molecule has 7 heteroatoms. The van der Waals surface area contributed by atoms with Crippen LogP contribution in [0.25, 0.3) is 11.0 Å². The first-order chi connectivity index (χ1) is 11.3. The number of hydrogen-bond acceptors (Lipinski definition) is 4. The van der Waals surface area contributed by atoms with Gasteiger partial charge in [0.15, 0.2) is 0 Å². The molecule has 6 nitrogen and oxygen atoms in total. The van der Waals surface area contributed by atoms with E-state index in [1.54, 1.807) is 6.92 Å². The van der Waals surface area contributed by atoms with Gasteiger partial charge < -0.3 is 0 Å². The Labute approximate surface area is 140 Å². The summed E-state index contributed by atoms with van der Waals surface area (Å²) >= 11 is 0. The molecule has 0 fully saturated rings. The summed E-state index contributed by atoms with van der Waals surface area (Å²) in [7, 11) is -0.578. The van der Waals surface area contributed by atoms with Crippen molar-refractivity contribution in [1.29, 1.82) is 0 Å². The van der Waals surface area contributed by atoms with E-state index in [1.165, 1.54) is 42.9 Å². The fourth-order valence-electron chi connectivity index (χ4n) is 2.51. The molecule has 0 radical (unpaired) electrons. The van der Waals surface area contributed by atoms with Gasteiger partial charge in [-0.25, -0.2) is 17.7 Å². The number of hydrogen-bond donors (Lipinski definition) is 0. The number of fused-ring (bicyclic) bond motifs is 1. The van der Waals surface area contributed by atoms with Crippen molar-refractivity contribution in [2.45, 2.75) is 11.8 Å². The Kier molecular flexibility index (Phi) is 3.98. The first-order valence-corrected chi connectivity index (χ1v) is 8.78. The van der Waals surface area contributed by atoms with Crippen LogP contribution in [0.4, 0.5) is 0 Å². The fourth-order valence-corrected chi connectivity index (χ4v) is 3.41. The van der Waals surface area contributed by atoms with Crippen LogP contribution in [0.1, 0.15) is 16.2 Å². The van der Waals surface area contributed by atoms with Crippen molar-refractivity contribution in [1.82, 2.24) is 13.9 Å². The van der Waals surface area contributed by atoms with Crippen molar-refractivity contribution in [2.75, 3.05) is 14.1 Å². The molecule has 0 atom stereocenters. The molecule has 1 heterocycles. The Morgan fingerprint density at radius 2 is 1.67 bits per heavy atom. The SMILES string of the molecule is Cc1nc2ccccc2n1C(=O)c1ccc(S(=O)(=O)N(C)C)cc1. The number of aryl methyl sites for hydroxylation is 1. The van der Waals surface area contributed by atoms with E-state index in [2.05, 4.69) is 4.98 Å². The highest BCUT2D eigenvalue weighted by atomic mass is 32.2. The Hall–Kier alpha value is -2.51. The van der Waals surface area contributed by atoms with Gasteiger partial charge in [-0.1, -0.05) is 12.1 Å². The van der Waals surface area contributed by atoms with Gasteiger partial charge in [0.1, 0.15) is 5.82 Å². The van der Waals surface area contributed by atoms with Crippen LogP contribution in [0.3, 0.4) is 0 Å². The second-order valence-electron chi connectivity index (χ2n) is 5.60. The Morgan fingerprint density at radius 3 is 2.29 bits per heavy atom. The summed E-state index contributed by atoms with van der Waals surface area (Å²) in [5.74, 6) is 0.348. The summed E-state index contributed by atoms with van der Waals surface area (Å²) in [6.07, 6.45) is 0. The highest BCUT2D eigenvalue weighted by molar-refractivity contribution is 7.89. The van der Waals surface area contributed by atoms with Crippen molar-refractivity contribution in [3.63, 3.8) is 0 Å². The number of para-hydroxylation sites is 2. The highest BCUT2D eigenvalue weighted by Gasteiger charge is 2.19. The molecular formula is C17H17N3O3S. The van der Waals surface area contributed by atoms with Crippen LogP contribution < -0.4 is 0 Å². The van der Waals surface area contributed by atoms with E-state index in [0.717, 1.165) is 15.3 Å². The summed E-state index contributed by atoms with van der Waals surface area (Å²) in [6, 6.07) is 13.3. The third-order valence-corrected chi connectivity index (χ3v) is 5.64. The number of rotatable bonds is 3. The summed E-state index contributed by atoms with van der Waals surface area (Å²) < 4.78 is 26.9. The van der Waals surface area contributed by atoms with Gasteiger partial charge >= 0.3 is 0 Å². The van der Waals surface area contributed by atoms with Gasteiger partial charge in [0.2, 0.25) is 10.0 Å². The lowest BCUT2D eigenvalue weighted by molar-refractivity contribution is 0.0962. The average molecular weight is 343 g/mol. The number of imidazole rings is 1. The van der Waals surface area contributed by atoms with Crippen molar-refractivity contribution >= 4 is 27.0 Å². The average Bonchev–Trinajstić information content (AvgIpc) is 2.90. The molecule has 1 aromatic heterocycles. The molecule has 3 aromatic rings. The monoisotopic (exact) mass is 343 g/mol. The van der Waals surface area contributed by atoms with Crippen molar-refractivity contribution in [2.24, 2.45) is 0 Å². The van der Waals surface area contributed by atoms with Gasteiger partial charge in [0.25, 0.3) is 5.91 Å². The predicted molar refractivity (Wildman–Crippen MR) is 91.5 cm³/mol. The minimum atomic E-state index is -3.51. The maximum absolute atomic E-state index is 12.8. The molecule has 0 N–H and O–H groups in total. The number of sulfonamides is 1. The zero-order valence-electron chi connectivity index (χ0n) is 13.6. The largest absolute Gasteiger partial charge is 0.268 e. The lowest BCUT2D eigenvalue weighted by Crippen LogP contribution is -2.22. The van der Waals surface area contributed by atoms with Gasteiger partial charge in [0.05, 0.1) is 15.9 Å². The van der Waals surface area contributed by atoms with Crippen LogP contribution in [0, 0.1) is 6.92 Å². The molecule has 2 aromatic carbocycles. The maximum Gasteiger partial charge on any atom is 0.263 e. The molecule has 0 saturated carbocycles. The molecule has 0 unspecified atom stereocenters. The molecule has 3 rings (SSSR count). The molecule has 24 heavy (non-hydrogen) atoms. The van der Waals surface area contributed by atoms with Crippen LogP contribution >= 0.6 is 0 Å². The van der Waals surface area contributed by atoms with Crippen LogP contribution in [-0.4, -0.2) is 42.3 Å². The van der Waals surface area contributed by atoms with Crippen molar-refractivity contribution < 1.29 is 13.2 Å². The first-order valence-electron chi connectivity index (χ1n) is 7.34. The van der Waals surface area contributed by atoms with Gasteiger partial charge in [-0.2, -0.15) is 0 Å². The minimum Gasteiger partial charge on any atom is -0.268 e. The molecule has 0 spiro atoms.